The molecule has 0 aliphatic carbocycles. The number of nitrogens with one attached hydrogen (secondary N) is 1. The van der Waals surface area contributed by atoms with Gasteiger partial charge in [-0.15, -0.1) is 11.3 Å². The largest absolute Gasteiger partial charge is 0.323 e. The molecule has 3 nitrogen and oxygen atoms in total. The van der Waals surface area contributed by atoms with Crippen molar-refractivity contribution in [3.8, 4) is 0 Å². The fraction of sp³-hybridized carbons (Fsp3) is 0.0833. The lowest BCUT2D eigenvalue weighted by Crippen LogP contribution is -2.27. The molecule has 1 amide bonds. The van der Waals surface area contributed by atoms with Crippen molar-refractivity contribution in [3.05, 3.63) is 50.6 Å². The van der Waals surface area contributed by atoms with E-state index in [9.17, 15) is 4.79 Å². The number of amides is 1. The van der Waals surface area contributed by atoms with Crippen molar-refractivity contribution in [2.45, 2.75) is 6.04 Å². The molecule has 1 heterocycles. The summed E-state index contributed by atoms with van der Waals surface area (Å²) in [7, 11) is 0. The molecule has 0 spiro atoms. The number of nitrogens with two attached hydrogens (primary N) is 1. The van der Waals surface area contributed by atoms with E-state index in [4.69, 9.17) is 28.9 Å². The summed E-state index contributed by atoms with van der Waals surface area (Å²) in [4.78, 5) is 12.7. The van der Waals surface area contributed by atoms with Crippen molar-refractivity contribution in [2.24, 2.45) is 5.73 Å². The summed E-state index contributed by atoms with van der Waals surface area (Å²) in [6, 6.07) is 7.99. The molecule has 3 N–H and O–H groups in total. The summed E-state index contributed by atoms with van der Waals surface area (Å²) in [6.07, 6.45) is 0. The van der Waals surface area contributed by atoms with Crippen LogP contribution in [0.25, 0.3) is 0 Å². The maximum Gasteiger partial charge on any atom is 0.246 e. The number of carbonyl (C=O) groups excluding carboxylic acids is 1. The normalized spacial score (nSPS) is 12.2. The van der Waals surface area contributed by atoms with Crippen LogP contribution in [-0.4, -0.2) is 5.91 Å². The molecule has 18 heavy (non-hydrogen) atoms. The van der Waals surface area contributed by atoms with Gasteiger partial charge in [-0.2, -0.15) is 0 Å². The van der Waals surface area contributed by atoms with E-state index < -0.39 is 6.04 Å². The molecule has 0 aliphatic rings. The molecule has 0 radical (unpaired) electrons. The third-order valence-corrected chi connectivity index (χ3v) is 4.12. The molecule has 0 fully saturated rings. The molecule has 1 atom stereocenters. The Balaban J connectivity index is 2.14. The number of rotatable bonds is 3. The molecule has 0 bridgehead atoms. The Hall–Kier alpha value is -1.07. The maximum atomic E-state index is 11.9. The SMILES string of the molecule is NC(C(=O)Nc1cccc(Cl)c1Cl)c1cccs1. The molecule has 1 aromatic carbocycles. The van der Waals surface area contributed by atoms with Crippen LogP contribution in [0.1, 0.15) is 10.9 Å². The van der Waals surface area contributed by atoms with Gasteiger partial charge >= 0.3 is 0 Å². The Kier molecular flexibility index (Phi) is 4.24. The Morgan fingerprint density at radius 3 is 2.72 bits per heavy atom. The van der Waals surface area contributed by atoms with Crippen molar-refractivity contribution < 1.29 is 4.79 Å². The molecule has 94 valence electrons. The molecular weight excluding hydrogens is 291 g/mol. The van der Waals surface area contributed by atoms with Gasteiger partial charge in [0.05, 0.1) is 15.7 Å². The summed E-state index contributed by atoms with van der Waals surface area (Å²) in [5.41, 5.74) is 6.30. The van der Waals surface area contributed by atoms with Gasteiger partial charge < -0.3 is 11.1 Å². The van der Waals surface area contributed by atoms with Gasteiger partial charge in [-0.05, 0) is 23.6 Å². The fourth-order valence-electron chi connectivity index (χ4n) is 1.41. The highest BCUT2D eigenvalue weighted by Gasteiger charge is 2.18. The highest BCUT2D eigenvalue weighted by molar-refractivity contribution is 7.10. The molecule has 0 aliphatic heterocycles. The van der Waals surface area contributed by atoms with Crippen molar-refractivity contribution in [3.63, 3.8) is 0 Å². The van der Waals surface area contributed by atoms with Gasteiger partial charge in [-0.1, -0.05) is 35.3 Å². The Bertz CT molecular complexity index is 557. The van der Waals surface area contributed by atoms with E-state index in [0.29, 0.717) is 15.7 Å². The summed E-state index contributed by atoms with van der Waals surface area (Å²) < 4.78 is 0. The average molecular weight is 301 g/mol. The first-order valence-electron chi connectivity index (χ1n) is 5.13. The van der Waals surface area contributed by atoms with Crippen LogP contribution in [0.3, 0.4) is 0 Å². The molecule has 1 unspecified atom stereocenters. The van der Waals surface area contributed by atoms with Crippen molar-refractivity contribution in [1.82, 2.24) is 0 Å². The number of carbonyl (C=O) groups is 1. The maximum absolute atomic E-state index is 11.9. The van der Waals surface area contributed by atoms with Gasteiger partial charge in [0.25, 0.3) is 0 Å². The zero-order valence-electron chi connectivity index (χ0n) is 9.19. The lowest BCUT2D eigenvalue weighted by atomic mass is 10.2. The van der Waals surface area contributed by atoms with E-state index >= 15 is 0 Å². The van der Waals surface area contributed by atoms with Crippen LogP contribution in [0.4, 0.5) is 5.69 Å². The average Bonchev–Trinajstić information content (AvgIpc) is 2.87. The van der Waals surface area contributed by atoms with Crippen molar-refractivity contribution in [2.75, 3.05) is 5.32 Å². The summed E-state index contributed by atoms with van der Waals surface area (Å²) in [6.45, 7) is 0. The topological polar surface area (TPSA) is 55.1 Å². The van der Waals surface area contributed by atoms with Crippen LogP contribution in [0.5, 0.6) is 0 Å². The van der Waals surface area contributed by atoms with Crippen LogP contribution in [-0.2, 0) is 4.79 Å². The predicted molar refractivity (Wildman–Crippen MR) is 76.3 cm³/mol. The first kappa shape index (κ1) is 13.4. The fourth-order valence-corrected chi connectivity index (χ4v) is 2.48. The lowest BCUT2D eigenvalue weighted by molar-refractivity contribution is -0.117. The zero-order valence-corrected chi connectivity index (χ0v) is 11.5. The standard InChI is InChI=1S/C12H10Cl2N2OS/c13-7-3-1-4-8(10(7)14)16-12(17)11(15)9-5-2-6-18-9/h1-6,11H,15H2,(H,16,17). The molecule has 0 saturated carbocycles. The molecule has 2 aromatic rings. The van der Waals surface area contributed by atoms with Crippen LogP contribution in [0.2, 0.25) is 10.0 Å². The minimum Gasteiger partial charge on any atom is -0.323 e. The summed E-state index contributed by atoms with van der Waals surface area (Å²) >= 11 is 13.3. The van der Waals surface area contributed by atoms with E-state index in [0.717, 1.165) is 4.88 Å². The van der Waals surface area contributed by atoms with Gasteiger partial charge in [-0.25, -0.2) is 0 Å². The second-order valence-corrected chi connectivity index (χ2v) is 5.35. The van der Waals surface area contributed by atoms with E-state index in [-0.39, 0.29) is 5.91 Å². The number of hydrogen-bond acceptors (Lipinski definition) is 3. The van der Waals surface area contributed by atoms with Gasteiger partial charge in [-0.3, -0.25) is 4.79 Å². The first-order chi connectivity index (χ1) is 8.59. The number of benzene rings is 1. The molecule has 0 saturated heterocycles. The molecular formula is C12H10Cl2N2OS. The molecule has 2 rings (SSSR count). The molecule has 6 heteroatoms. The highest BCUT2D eigenvalue weighted by atomic mass is 35.5. The van der Waals surface area contributed by atoms with Crippen LogP contribution < -0.4 is 11.1 Å². The number of thiophene rings is 1. The van der Waals surface area contributed by atoms with Crippen LogP contribution in [0.15, 0.2) is 35.7 Å². The van der Waals surface area contributed by atoms with Crippen LogP contribution in [0, 0.1) is 0 Å². The quantitative estimate of drug-likeness (QED) is 0.908. The second-order valence-electron chi connectivity index (χ2n) is 3.58. The van der Waals surface area contributed by atoms with E-state index in [1.165, 1.54) is 11.3 Å². The van der Waals surface area contributed by atoms with Crippen molar-refractivity contribution in [1.29, 1.82) is 0 Å². The lowest BCUT2D eigenvalue weighted by Gasteiger charge is -2.12. The summed E-state index contributed by atoms with van der Waals surface area (Å²) in [5.74, 6) is -0.318. The molecule has 1 aromatic heterocycles. The van der Waals surface area contributed by atoms with Gasteiger partial charge in [0.2, 0.25) is 5.91 Å². The third-order valence-electron chi connectivity index (χ3n) is 2.34. The highest BCUT2D eigenvalue weighted by Crippen LogP contribution is 2.30. The minimum atomic E-state index is -0.708. The van der Waals surface area contributed by atoms with E-state index in [1.807, 2.05) is 17.5 Å². The van der Waals surface area contributed by atoms with Gasteiger partial charge in [0.1, 0.15) is 6.04 Å². The number of halogens is 2. The Morgan fingerprint density at radius 1 is 1.28 bits per heavy atom. The number of hydrogen-bond donors (Lipinski definition) is 2. The first-order valence-corrected chi connectivity index (χ1v) is 6.77. The Morgan fingerprint density at radius 2 is 2.06 bits per heavy atom. The summed E-state index contributed by atoms with van der Waals surface area (Å²) in [5, 5.41) is 5.23. The minimum absolute atomic E-state index is 0.311. The second kappa shape index (κ2) is 5.71. The Labute approximate surface area is 119 Å². The smallest absolute Gasteiger partial charge is 0.246 e. The van der Waals surface area contributed by atoms with E-state index in [1.54, 1.807) is 18.2 Å². The zero-order chi connectivity index (χ0) is 13.1. The van der Waals surface area contributed by atoms with Crippen molar-refractivity contribution >= 4 is 46.1 Å². The predicted octanol–water partition coefficient (Wildman–Crippen LogP) is 3.69. The monoisotopic (exact) mass is 300 g/mol. The van der Waals surface area contributed by atoms with Gasteiger partial charge in [0.15, 0.2) is 0 Å². The third kappa shape index (κ3) is 2.84. The van der Waals surface area contributed by atoms with Crippen LogP contribution >= 0.6 is 34.5 Å². The number of anilines is 1. The van der Waals surface area contributed by atoms with E-state index in [2.05, 4.69) is 5.32 Å². The van der Waals surface area contributed by atoms with Gasteiger partial charge in [0, 0.05) is 4.88 Å².